The molecule has 12 heteroatoms. The number of ether oxygens (including phenoxy) is 4. The second kappa shape index (κ2) is 15.3. The van der Waals surface area contributed by atoms with Gasteiger partial charge in [-0.25, -0.2) is 0 Å². The Morgan fingerprint density at radius 3 is 2.33 bits per heavy atom. The van der Waals surface area contributed by atoms with Crippen LogP contribution in [0.3, 0.4) is 0 Å². The Morgan fingerprint density at radius 1 is 0.939 bits per heavy atom. The molecule has 1 atom stereocenters. The molecule has 49 heavy (non-hydrogen) atoms. The van der Waals surface area contributed by atoms with Gasteiger partial charge in [0.2, 0.25) is 6.20 Å². The molecule has 0 saturated carbocycles. The number of aryl methyl sites for hydroxylation is 1. The summed E-state index contributed by atoms with van der Waals surface area (Å²) in [5, 5.41) is 23.7. The number of hydrogen-bond donors (Lipinski definition) is 0. The summed E-state index contributed by atoms with van der Waals surface area (Å²) in [7, 11) is 6.90. The van der Waals surface area contributed by atoms with E-state index >= 15 is 0 Å². The van der Waals surface area contributed by atoms with Crippen LogP contribution >= 0.6 is 0 Å². The fourth-order valence-electron chi connectivity index (χ4n) is 6.21. The van der Waals surface area contributed by atoms with Gasteiger partial charge in [-0.2, -0.15) is 0 Å². The summed E-state index contributed by atoms with van der Waals surface area (Å²) in [4.78, 5) is 27.1. The number of nitrogens with zero attached hydrogens (tertiary/aromatic N) is 4. The molecule has 258 valence electrons. The molecule has 6 bridgehead atoms. The highest BCUT2D eigenvalue weighted by molar-refractivity contribution is 5.57. The van der Waals surface area contributed by atoms with Crippen LogP contribution in [0.1, 0.15) is 40.3 Å². The number of benzene rings is 3. The van der Waals surface area contributed by atoms with Crippen LogP contribution in [0.5, 0.6) is 23.0 Å². The Bertz CT molecular complexity index is 1800. The Balaban J connectivity index is 1.61. The molecule has 0 N–H and O–H groups in total. The van der Waals surface area contributed by atoms with E-state index in [2.05, 4.69) is 30.7 Å². The minimum atomic E-state index is -0.509. The summed E-state index contributed by atoms with van der Waals surface area (Å²) in [6.07, 6.45) is 4.76. The van der Waals surface area contributed by atoms with E-state index in [9.17, 15) is 20.2 Å². The van der Waals surface area contributed by atoms with Crippen molar-refractivity contribution in [2.75, 3.05) is 47.9 Å². The van der Waals surface area contributed by atoms with E-state index in [1.54, 1.807) is 12.1 Å². The predicted molar refractivity (Wildman–Crippen MR) is 186 cm³/mol. The molecule has 3 heterocycles. The van der Waals surface area contributed by atoms with Crippen LogP contribution in [0.2, 0.25) is 0 Å². The first-order chi connectivity index (χ1) is 23.4. The van der Waals surface area contributed by atoms with E-state index in [-0.39, 0.29) is 29.0 Å². The smallest absolute Gasteiger partial charge is 0.276 e. The molecule has 3 aliphatic rings. The normalized spacial score (nSPS) is 19.3. The van der Waals surface area contributed by atoms with E-state index in [1.807, 2.05) is 43.1 Å². The molecule has 3 aromatic rings. The third-order valence-electron chi connectivity index (χ3n) is 9.08. The van der Waals surface area contributed by atoms with E-state index < -0.39 is 9.85 Å². The number of fused-ring (bicyclic) bond motifs is 9. The first-order valence-electron chi connectivity index (χ1n) is 16.1. The Morgan fingerprint density at radius 2 is 1.65 bits per heavy atom. The van der Waals surface area contributed by atoms with Gasteiger partial charge in [0.25, 0.3) is 5.69 Å². The van der Waals surface area contributed by atoms with E-state index in [4.69, 9.17) is 18.9 Å². The Kier molecular flexibility index (Phi) is 11.0. The average Bonchev–Trinajstić information content (AvgIpc) is 3.07. The van der Waals surface area contributed by atoms with Gasteiger partial charge in [-0.15, -0.1) is 0 Å². The van der Waals surface area contributed by atoms with Crippen LogP contribution in [0.25, 0.3) is 0 Å². The monoisotopic (exact) mass is 670 g/mol. The first-order valence-corrected chi connectivity index (χ1v) is 16.1. The van der Waals surface area contributed by atoms with Crippen molar-refractivity contribution in [3.05, 3.63) is 133 Å². The second-order valence-corrected chi connectivity index (χ2v) is 12.4. The maximum Gasteiger partial charge on any atom is 0.276 e. The highest BCUT2D eigenvalue weighted by Crippen LogP contribution is 2.41. The largest absolute Gasteiger partial charge is 0.493 e. The van der Waals surface area contributed by atoms with Gasteiger partial charge in [0, 0.05) is 36.8 Å². The van der Waals surface area contributed by atoms with Crippen molar-refractivity contribution in [3.8, 4) is 23.0 Å². The lowest BCUT2D eigenvalue weighted by molar-refractivity contribution is -0.403. The van der Waals surface area contributed by atoms with Crippen LogP contribution < -0.4 is 14.2 Å². The summed E-state index contributed by atoms with van der Waals surface area (Å²) < 4.78 is 23.6. The topological polar surface area (TPSA) is 130 Å². The first kappa shape index (κ1) is 35.1. The maximum atomic E-state index is 12.1. The summed E-state index contributed by atoms with van der Waals surface area (Å²) >= 11 is 0. The number of rotatable bonds is 5. The van der Waals surface area contributed by atoms with Crippen molar-refractivity contribution in [1.82, 2.24) is 9.80 Å². The molecule has 0 radical (unpaired) electrons. The zero-order valence-electron chi connectivity index (χ0n) is 28.6. The highest BCUT2D eigenvalue weighted by Gasteiger charge is 2.28. The fraction of sp³-hybridized carbons (Fsp3) is 0.351. The van der Waals surface area contributed by atoms with Crippen molar-refractivity contribution >= 4 is 5.69 Å². The number of hydrogen-bond acceptors (Lipinski definition) is 10. The van der Waals surface area contributed by atoms with Gasteiger partial charge in [-0.05, 0) is 99.3 Å². The SMILES string of the molecule is C=C(OC)/C1=C\C(=C\[N+](=O)[O-])CCN(C)CCc2cc(c(OC)cc2[N+](=O)[O-])Oc2cc3c(cc2C)CCN(C)[C@H]3Cc2ccc(cc2)O1. The van der Waals surface area contributed by atoms with Crippen LogP contribution in [-0.4, -0.2) is 67.6 Å². The minimum absolute atomic E-state index is 0.0692. The lowest BCUT2D eigenvalue weighted by atomic mass is 9.87. The Labute approximate surface area is 286 Å². The molecule has 0 spiro atoms. The van der Waals surface area contributed by atoms with Crippen LogP contribution in [0.4, 0.5) is 5.69 Å². The minimum Gasteiger partial charge on any atom is -0.493 e. The maximum absolute atomic E-state index is 12.1. The lowest BCUT2D eigenvalue weighted by Crippen LogP contribution is -2.33. The molecule has 3 aliphatic heterocycles. The Hall–Kier alpha value is -5.20. The second-order valence-electron chi connectivity index (χ2n) is 12.4. The van der Waals surface area contributed by atoms with Crippen molar-refractivity contribution in [2.24, 2.45) is 0 Å². The van der Waals surface area contributed by atoms with E-state index in [0.717, 1.165) is 42.3 Å². The zero-order chi connectivity index (χ0) is 35.2. The quantitative estimate of drug-likeness (QED) is 0.160. The van der Waals surface area contributed by atoms with Gasteiger partial charge in [0.15, 0.2) is 23.0 Å². The lowest BCUT2D eigenvalue weighted by Gasteiger charge is -2.35. The van der Waals surface area contributed by atoms with Crippen LogP contribution in [0, 0.1) is 27.2 Å². The van der Waals surface area contributed by atoms with Gasteiger partial charge < -0.3 is 23.8 Å². The number of nitro benzene ring substituents is 1. The molecule has 0 aliphatic carbocycles. The number of nitro groups is 2. The van der Waals surface area contributed by atoms with Crippen LogP contribution in [0.15, 0.2) is 84.5 Å². The van der Waals surface area contributed by atoms with Crippen molar-refractivity contribution in [2.45, 2.75) is 38.6 Å². The summed E-state index contributed by atoms with van der Waals surface area (Å²) in [6.45, 7) is 7.70. The summed E-state index contributed by atoms with van der Waals surface area (Å²) in [6, 6.07) is 15.2. The molecule has 0 unspecified atom stereocenters. The van der Waals surface area contributed by atoms with E-state index in [0.29, 0.717) is 54.3 Å². The number of allylic oxidation sites excluding steroid dienone is 1. The molecule has 12 nitrogen and oxygen atoms in total. The molecule has 0 amide bonds. The van der Waals surface area contributed by atoms with Gasteiger partial charge in [0.1, 0.15) is 11.5 Å². The van der Waals surface area contributed by atoms with Gasteiger partial charge in [0.05, 0.1) is 30.1 Å². The van der Waals surface area contributed by atoms with Crippen molar-refractivity contribution in [3.63, 3.8) is 0 Å². The zero-order valence-corrected chi connectivity index (χ0v) is 28.6. The number of methoxy groups -OCH3 is 2. The molecule has 0 fully saturated rings. The van der Waals surface area contributed by atoms with E-state index in [1.165, 1.54) is 25.8 Å². The van der Waals surface area contributed by atoms with Gasteiger partial charge in [-0.1, -0.05) is 24.8 Å². The average molecular weight is 671 g/mol. The third-order valence-corrected chi connectivity index (χ3v) is 9.08. The molecule has 3 aromatic carbocycles. The van der Waals surface area contributed by atoms with Gasteiger partial charge >= 0.3 is 0 Å². The molecule has 6 rings (SSSR count). The van der Waals surface area contributed by atoms with Crippen LogP contribution in [-0.2, 0) is 24.0 Å². The highest BCUT2D eigenvalue weighted by atomic mass is 16.6. The van der Waals surface area contributed by atoms with Gasteiger partial charge in [-0.3, -0.25) is 25.1 Å². The number of likely N-dealkylation sites (N-methyl/N-ethyl adjacent to an activating group) is 2. The standard InChI is InChI=1S/C37H42N4O8/c1-24-17-28-13-16-39(4)33-18-26-7-9-30(10-8-26)48-35(25(2)46-5)19-27(23-40(42)43)11-14-38(3)15-12-29-20-37(49-34(24)21-31(28)33)36(47-6)22-32(29)41(44)45/h7-10,17,19-23,33H,2,11-16,18H2,1,3-6H3/b27-23+,35-19+/t33-/m0/s1. The van der Waals surface area contributed by atoms with Crippen molar-refractivity contribution < 1.29 is 28.8 Å². The summed E-state index contributed by atoms with van der Waals surface area (Å²) in [5.74, 6) is 2.31. The fourth-order valence-corrected chi connectivity index (χ4v) is 6.21. The third kappa shape index (κ3) is 8.45. The molecular formula is C37H42N4O8. The molecular weight excluding hydrogens is 628 g/mol. The molecule has 0 aromatic heterocycles. The molecule has 0 saturated heterocycles. The van der Waals surface area contributed by atoms with Crippen molar-refractivity contribution in [1.29, 1.82) is 0 Å². The predicted octanol–water partition coefficient (Wildman–Crippen LogP) is 6.94. The summed E-state index contributed by atoms with van der Waals surface area (Å²) in [5.41, 5.74) is 5.27.